The Balaban J connectivity index is 0.494. The quantitative estimate of drug-likeness (QED) is 0.0675. The number of para-hydroxylation sites is 2. The lowest BCUT2D eigenvalue weighted by Crippen LogP contribution is -2.60. The molecule has 0 bridgehead atoms. The average molecular weight is 1480 g/mol. The van der Waals surface area contributed by atoms with Crippen molar-refractivity contribution in [1.82, 2.24) is 64.4 Å². The van der Waals surface area contributed by atoms with E-state index in [4.69, 9.17) is 19.4 Å². The Labute approximate surface area is 633 Å². The summed E-state index contributed by atoms with van der Waals surface area (Å²) < 4.78 is 13.2. The lowest BCUT2D eigenvalue weighted by atomic mass is 9.71. The number of amides is 6. The molecule has 6 saturated heterocycles. The molecular formula is C84H87N17O9. The molecule has 562 valence electrons. The molecule has 4 unspecified atom stereocenters. The molecule has 110 heavy (non-hydrogen) atoms. The van der Waals surface area contributed by atoms with E-state index in [2.05, 4.69) is 124 Å². The summed E-state index contributed by atoms with van der Waals surface area (Å²) in [6, 6.07) is 37.7. The molecule has 2 saturated carbocycles. The van der Waals surface area contributed by atoms with E-state index in [0.717, 1.165) is 209 Å². The fourth-order valence-corrected chi connectivity index (χ4v) is 20.0. The summed E-state index contributed by atoms with van der Waals surface area (Å²) in [5.41, 5.74) is 14.5. The Hall–Kier alpha value is -11.4. The first kappa shape index (κ1) is 67.9. The van der Waals surface area contributed by atoms with E-state index in [9.17, 15) is 38.4 Å². The second kappa shape index (κ2) is 25.9. The van der Waals surface area contributed by atoms with Gasteiger partial charge in [0.2, 0.25) is 23.6 Å². The molecule has 14 heterocycles. The number of nitrogens with one attached hydrogen (secondary N) is 5. The van der Waals surface area contributed by atoms with Gasteiger partial charge in [-0.2, -0.15) is 0 Å². The minimum absolute atomic E-state index is 0.0381. The van der Waals surface area contributed by atoms with Gasteiger partial charge in [-0.15, -0.1) is 0 Å². The van der Waals surface area contributed by atoms with Crippen LogP contribution in [0.4, 0.5) is 22.7 Å². The van der Waals surface area contributed by atoms with Gasteiger partial charge in [0.25, 0.3) is 11.8 Å². The maximum absolute atomic E-state index is 14.0. The first-order chi connectivity index (χ1) is 53.4. The Kier molecular flexibility index (Phi) is 16.0. The number of anilines is 4. The van der Waals surface area contributed by atoms with E-state index in [0.29, 0.717) is 71.3 Å². The molecule has 4 atom stereocenters. The smallest absolute Gasteiger partial charge is 0.329 e. The Bertz CT molecular complexity index is 5610. The summed E-state index contributed by atoms with van der Waals surface area (Å²) in [5.74, 6) is 0.908. The number of hydrogen-bond acceptors (Lipinski definition) is 17. The Morgan fingerprint density at radius 1 is 0.527 bits per heavy atom. The third-order valence-corrected chi connectivity index (χ3v) is 26.5. The molecule has 26 nitrogen and oxygen atoms in total. The summed E-state index contributed by atoms with van der Waals surface area (Å²) in [6.07, 6.45) is 11.2. The molecule has 0 radical (unpaired) electrons. The number of piperidine rings is 4. The molecule has 3 spiro atoms. The highest BCUT2D eigenvalue weighted by Crippen LogP contribution is 2.54. The number of benzene rings is 4. The highest BCUT2D eigenvalue weighted by atomic mass is 16.3. The van der Waals surface area contributed by atoms with Crippen LogP contribution in [0.3, 0.4) is 0 Å². The number of imide groups is 2. The summed E-state index contributed by atoms with van der Waals surface area (Å²) in [6.45, 7) is 11.1. The number of fused-ring (bicyclic) bond motifs is 6. The highest BCUT2D eigenvalue weighted by Gasteiger charge is 2.53. The van der Waals surface area contributed by atoms with Gasteiger partial charge in [-0.25, -0.2) is 19.6 Å². The van der Waals surface area contributed by atoms with Gasteiger partial charge in [0, 0.05) is 180 Å². The van der Waals surface area contributed by atoms with Gasteiger partial charge in [0.15, 0.2) is 5.82 Å². The van der Waals surface area contributed by atoms with Gasteiger partial charge in [-0.05, 0) is 168 Å². The first-order valence-corrected chi connectivity index (χ1v) is 39.2. The van der Waals surface area contributed by atoms with Crippen LogP contribution in [-0.4, -0.2) is 164 Å². The van der Waals surface area contributed by atoms with E-state index in [-0.39, 0.29) is 64.6 Å². The van der Waals surface area contributed by atoms with Gasteiger partial charge in [-0.3, -0.25) is 67.6 Å². The van der Waals surface area contributed by atoms with Crippen molar-refractivity contribution in [3.05, 3.63) is 171 Å². The lowest BCUT2D eigenvalue weighted by molar-refractivity contribution is -0.137. The van der Waals surface area contributed by atoms with Crippen molar-refractivity contribution >= 4 is 80.3 Å². The fourth-order valence-electron chi connectivity index (χ4n) is 20.0. The normalized spacial score (nSPS) is 23.3. The molecule has 8 aliphatic heterocycles. The number of furan rings is 1. The van der Waals surface area contributed by atoms with Crippen LogP contribution in [0.2, 0.25) is 0 Å². The van der Waals surface area contributed by atoms with E-state index in [1.54, 1.807) is 38.6 Å². The predicted molar refractivity (Wildman–Crippen MR) is 415 cm³/mol. The second-order valence-corrected chi connectivity index (χ2v) is 32.9. The minimum atomic E-state index is -0.732. The zero-order chi connectivity index (χ0) is 74.6. The van der Waals surface area contributed by atoms with Crippen LogP contribution in [0.15, 0.2) is 135 Å². The van der Waals surface area contributed by atoms with Crippen molar-refractivity contribution in [2.75, 3.05) is 105 Å². The van der Waals surface area contributed by atoms with Crippen LogP contribution in [0.1, 0.15) is 139 Å². The molecule has 6 amide bonds. The number of hydrogen-bond donors (Lipinski definition) is 5. The van der Waals surface area contributed by atoms with Crippen LogP contribution in [0.5, 0.6) is 0 Å². The standard InChI is InChI=1S/C84H87N17O9/c1-93-71-62(5-3-7-64(71)100(80(93)108)66-17-19-69(102)91-78(66)106)98-31-23-49(24-32-98)44-95-35-37-97(38-36-95)55-13-9-50(10-14-55)59-39-53(68-42-57-74(110-68)83(26-27-83)45-86-77(57)105)40-60(88-59)52-21-25-84(43-52)46-87-76(104)56-41-61(89-73(56)84)58-22-30-85-75(90-58)51-11-15-54(16-12-51)96-33-28-82(29-34-96)47-99(48-82)63-6-4-8-65-72(63)94(2)81(109)101(65)67-18-20-70(103)92-79(67)107/h3-16,22,30,39-42,49,52,66-67,89H,17-21,23-29,31-38,43-48H2,1-2H3,(H,86,105)(H,87,104)(H,91,102,106)(H,92,103,107). The monoisotopic (exact) mass is 1480 g/mol. The third kappa shape index (κ3) is 11.4. The van der Waals surface area contributed by atoms with Crippen molar-refractivity contribution in [1.29, 1.82) is 0 Å². The number of aromatic amines is 1. The number of carbonyl (C=O) groups is 6. The molecule has 2 aliphatic carbocycles. The number of piperazine rings is 1. The van der Waals surface area contributed by atoms with Crippen molar-refractivity contribution in [2.24, 2.45) is 25.4 Å². The molecule has 4 aromatic carbocycles. The average Bonchev–Trinajstić information content (AvgIpc) is 1.51. The van der Waals surface area contributed by atoms with E-state index in [1.165, 1.54) is 0 Å². The fraction of sp³-hybridized carbons (Fsp3) is 0.417. The molecule has 20 rings (SSSR count). The van der Waals surface area contributed by atoms with Crippen LogP contribution >= 0.6 is 0 Å². The Morgan fingerprint density at radius 2 is 1.13 bits per heavy atom. The summed E-state index contributed by atoms with van der Waals surface area (Å²) in [4.78, 5) is 136. The SMILES string of the molecule is Cn1c(=O)n(C2CCC(=O)NC2=O)c2cccc(N3CCC(CN4CCN(c5ccc(-c6cc(-c7cc8c(o7)C7(CC7)CNC8=O)cc(C7CCC8(CNC(=O)c9cc(-c%10ccnc(-c%11ccc(N%12CCC%13(CC%12)CN(c%12cccc%14c%12n(C)c(=O)n%14C%12CCC(=O)NC%12=O)C%13)cc%11)n%10)[nH]c98)C7)n6)cc5)CC4)CC3)c21. The number of aromatic nitrogens is 8. The number of pyridine rings is 1. The molecular weight excluding hydrogens is 1390 g/mol. The van der Waals surface area contributed by atoms with Gasteiger partial charge >= 0.3 is 11.4 Å². The number of rotatable bonds is 13. The lowest BCUT2D eigenvalue weighted by Gasteiger charge is -2.55. The van der Waals surface area contributed by atoms with Crippen LogP contribution in [0, 0.1) is 11.3 Å². The molecule has 8 fully saturated rings. The predicted octanol–water partition coefficient (Wildman–Crippen LogP) is 8.59. The maximum Gasteiger partial charge on any atom is 0.329 e. The minimum Gasteiger partial charge on any atom is -0.460 e. The Morgan fingerprint density at radius 3 is 1.75 bits per heavy atom. The van der Waals surface area contributed by atoms with Gasteiger partial charge < -0.3 is 39.6 Å². The summed E-state index contributed by atoms with van der Waals surface area (Å²) in [7, 11) is 3.53. The molecule has 10 aliphatic rings. The zero-order valence-electron chi connectivity index (χ0n) is 61.8. The zero-order valence-corrected chi connectivity index (χ0v) is 61.8. The third-order valence-electron chi connectivity index (χ3n) is 26.5. The largest absolute Gasteiger partial charge is 0.460 e. The van der Waals surface area contributed by atoms with E-state index >= 15 is 0 Å². The molecule has 5 N–H and O–H groups in total. The topological polar surface area (TPSA) is 288 Å². The van der Waals surface area contributed by atoms with Crippen molar-refractivity contribution < 1.29 is 33.2 Å². The van der Waals surface area contributed by atoms with Crippen LogP contribution in [0.25, 0.3) is 67.4 Å². The van der Waals surface area contributed by atoms with Crippen molar-refractivity contribution in [3.8, 4) is 45.4 Å². The molecule has 26 heteroatoms. The van der Waals surface area contributed by atoms with Gasteiger partial charge in [0.1, 0.15) is 23.6 Å². The number of imidazole rings is 2. The first-order valence-electron chi connectivity index (χ1n) is 39.2. The van der Waals surface area contributed by atoms with Gasteiger partial charge in [0.05, 0.1) is 61.7 Å². The second-order valence-electron chi connectivity index (χ2n) is 32.9. The maximum atomic E-state index is 14.0. The highest BCUT2D eigenvalue weighted by molar-refractivity contribution is 6.03. The van der Waals surface area contributed by atoms with E-state index < -0.39 is 29.3 Å². The van der Waals surface area contributed by atoms with Crippen LogP contribution < -0.4 is 52.2 Å². The summed E-state index contributed by atoms with van der Waals surface area (Å²) in [5, 5.41) is 11.2. The molecule has 10 aromatic rings. The molecule has 6 aromatic heterocycles. The van der Waals surface area contributed by atoms with E-state index in [1.807, 2.05) is 42.5 Å². The van der Waals surface area contributed by atoms with Crippen LogP contribution in [-0.2, 0) is 44.1 Å². The van der Waals surface area contributed by atoms with Gasteiger partial charge in [-0.1, -0.05) is 24.3 Å². The van der Waals surface area contributed by atoms with Crippen molar-refractivity contribution in [3.63, 3.8) is 0 Å². The number of H-pyrrole nitrogens is 1. The number of carbonyl (C=O) groups excluding carboxylic acids is 6. The number of nitrogens with zero attached hydrogens (tertiary/aromatic N) is 12. The summed E-state index contributed by atoms with van der Waals surface area (Å²) >= 11 is 0. The van der Waals surface area contributed by atoms with Crippen molar-refractivity contribution in [2.45, 2.75) is 112 Å². The number of aryl methyl sites for hydroxylation is 2.